The van der Waals surface area contributed by atoms with E-state index in [1.54, 1.807) is 11.6 Å². The quantitative estimate of drug-likeness (QED) is 0.844. The molecule has 0 aliphatic rings. The van der Waals surface area contributed by atoms with Crippen molar-refractivity contribution < 1.29 is 4.79 Å². The van der Waals surface area contributed by atoms with Crippen LogP contribution in [-0.2, 0) is 4.79 Å². The molecule has 0 bridgehead atoms. The second-order valence-corrected chi connectivity index (χ2v) is 7.31. The lowest BCUT2D eigenvalue weighted by molar-refractivity contribution is -0.115. The average molecular weight is 343 g/mol. The Morgan fingerprint density at radius 3 is 2.86 bits per heavy atom. The highest BCUT2D eigenvalue weighted by Gasteiger charge is 2.18. The van der Waals surface area contributed by atoms with E-state index in [1.807, 2.05) is 38.1 Å². The van der Waals surface area contributed by atoms with Gasteiger partial charge in [-0.05, 0) is 19.1 Å². The summed E-state index contributed by atoms with van der Waals surface area (Å²) in [5.74, 6) is -0.0967. The lowest BCUT2D eigenvalue weighted by atomic mass is 10.2. The third-order valence-corrected chi connectivity index (χ3v) is 4.89. The van der Waals surface area contributed by atoms with Crippen LogP contribution in [0.1, 0.15) is 6.92 Å². The summed E-state index contributed by atoms with van der Waals surface area (Å²) in [6, 6.07) is 5.45. The number of thioether (sulfide) groups is 1. The molecule has 1 aromatic carbocycles. The van der Waals surface area contributed by atoms with Gasteiger partial charge >= 0.3 is 0 Å². The van der Waals surface area contributed by atoms with Gasteiger partial charge in [-0.2, -0.15) is 0 Å². The molecule has 0 radical (unpaired) electrons. The number of para-hydroxylation sites is 1. The number of amides is 1. The second kappa shape index (κ2) is 7.11. The molecule has 0 aliphatic heterocycles. The fourth-order valence-electron chi connectivity index (χ4n) is 1.72. The number of benzene rings is 1. The molecule has 1 N–H and O–H groups in total. The third-order valence-electron chi connectivity index (χ3n) is 2.68. The summed E-state index contributed by atoms with van der Waals surface area (Å²) < 4.78 is 0.775. The highest BCUT2D eigenvalue weighted by molar-refractivity contribution is 8.02. The first-order valence-corrected chi connectivity index (χ1v) is 8.32. The van der Waals surface area contributed by atoms with E-state index in [4.69, 9.17) is 11.6 Å². The summed E-state index contributed by atoms with van der Waals surface area (Å²) >= 11 is 8.99. The number of hydrogen-bond donors (Lipinski definition) is 1. The highest BCUT2D eigenvalue weighted by Crippen LogP contribution is 2.33. The molecule has 0 fully saturated rings. The number of carbonyl (C=O) groups excluding carboxylic acids is 1. The van der Waals surface area contributed by atoms with Gasteiger partial charge in [-0.25, -0.2) is 0 Å². The van der Waals surface area contributed by atoms with Gasteiger partial charge in [0.05, 0.1) is 21.6 Å². The molecule has 8 heteroatoms. The smallest absolute Gasteiger partial charge is 0.237 e. The molecule has 21 heavy (non-hydrogen) atoms. The van der Waals surface area contributed by atoms with Crippen LogP contribution < -0.4 is 10.2 Å². The fourth-order valence-corrected chi connectivity index (χ4v) is 3.69. The Labute approximate surface area is 136 Å². The zero-order valence-electron chi connectivity index (χ0n) is 11.8. The number of halogens is 1. The van der Waals surface area contributed by atoms with Gasteiger partial charge in [0, 0.05) is 14.1 Å². The predicted molar refractivity (Wildman–Crippen MR) is 89.6 cm³/mol. The van der Waals surface area contributed by atoms with Crippen LogP contribution in [0.4, 0.5) is 11.4 Å². The van der Waals surface area contributed by atoms with Gasteiger partial charge in [0.15, 0.2) is 4.34 Å². The summed E-state index contributed by atoms with van der Waals surface area (Å²) in [7, 11) is 3.77. The molecule has 1 amide bonds. The van der Waals surface area contributed by atoms with Crippen molar-refractivity contribution >= 4 is 52.0 Å². The summed E-state index contributed by atoms with van der Waals surface area (Å²) in [6.07, 6.45) is 0. The number of hydrogen-bond acceptors (Lipinski definition) is 6. The molecule has 2 aromatic rings. The van der Waals surface area contributed by atoms with Crippen molar-refractivity contribution in [3.05, 3.63) is 28.7 Å². The van der Waals surface area contributed by atoms with Crippen molar-refractivity contribution in [2.45, 2.75) is 16.5 Å². The molecule has 0 unspecified atom stereocenters. The van der Waals surface area contributed by atoms with Crippen LogP contribution in [-0.4, -0.2) is 35.4 Å². The zero-order valence-corrected chi connectivity index (χ0v) is 14.2. The SMILES string of the molecule is C[C@@H](Sc1nncs1)C(=O)Nc1cccc(Cl)c1N(C)C. The van der Waals surface area contributed by atoms with E-state index >= 15 is 0 Å². The molecule has 5 nitrogen and oxygen atoms in total. The number of nitrogens with zero attached hydrogens (tertiary/aromatic N) is 3. The van der Waals surface area contributed by atoms with Crippen LogP contribution in [0.5, 0.6) is 0 Å². The highest BCUT2D eigenvalue weighted by atomic mass is 35.5. The Balaban J connectivity index is 2.11. The van der Waals surface area contributed by atoms with Crippen molar-refractivity contribution in [2.24, 2.45) is 0 Å². The lowest BCUT2D eigenvalue weighted by Crippen LogP contribution is -2.24. The van der Waals surface area contributed by atoms with Crippen molar-refractivity contribution in [3.8, 4) is 0 Å². The normalized spacial score (nSPS) is 12.0. The maximum absolute atomic E-state index is 12.3. The van der Waals surface area contributed by atoms with Gasteiger partial charge in [0.1, 0.15) is 5.51 Å². The van der Waals surface area contributed by atoms with Crippen LogP contribution in [0, 0.1) is 0 Å². The first-order chi connectivity index (χ1) is 9.99. The fraction of sp³-hybridized carbons (Fsp3) is 0.308. The van der Waals surface area contributed by atoms with E-state index in [9.17, 15) is 4.79 Å². The zero-order chi connectivity index (χ0) is 15.4. The summed E-state index contributed by atoms with van der Waals surface area (Å²) in [6.45, 7) is 1.83. The first-order valence-electron chi connectivity index (χ1n) is 6.18. The summed E-state index contributed by atoms with van der Waals surface area (Å²) in [5.41, 5.74) is 3.14. The van der Waals surface area contributed by atoms with Crippen LogP contribution in [0.3, 0.4) is 0 Å². The Bertz CT molecular complexity index is 619. The molecular weight excluding hydrogens is 328 g/mol. The van der Waals surface area contributed by atoms with Gasteiger partial charge < -0.3 is 10.2 Å². The van der Waals surface area contributed by atoms with Gasteiger partial charge in [-0.15, -0.1) is 10.2 Å². The average Bonchev–Trinajstić information content (AvgIpc) is 2.91. The van der Waals surface area contributed by atoms with Crippen LogP contribution >= 0.6 is 34.7 Å². The third kappa shape index (κ3) is 4.09. The first kappa shape index (κ1) is 16.1. The molecule has 0 saturated carbocycles. The Hall–Kier alpha value is -1.31. The molecule has 0 aliphatic carbocycles. The number of nitrogens with one attached hydrogen (secondary N) is 1. The van der Waals surface area contributed by atoms with Gasteiger partial charge in [0.25, 0.3) is 0 Å². The number of aromatic nitrogens is 2. The van der Waals surface area contributed by atoms with E-state index in [0.29, 0.717) is 10.7 Å². The number of rotatable bonds is 5. The lowest BCUT2D eigenvalue weighted by Gasteiger charge is -2.20. The molecule has 1 atom stereocenters. The van der Waals surface area contributed by atoms with E-state index < -0.39 is 0 Å². The number of carbonyl (C=O) groups is 1. The largest absolute Gasteiger partial charge is 0.375 e. The van der Waals surface area contributed by atoms with E-state index in [2.05, 4.69) is 15.5 Å². The molecule has 0 spiro atoms. The van der Waals surface area contributed by atoms with Crippen molar-refractivity contribution in [2.75, 3.05) is 24.3 Å². The maximum atomic E-state index is 12.3. The molecule has 112 valence electrons. The molecule has 1 heterocycles. The van der Waals surface area contributed by atoms with E-state index in [1.165, 1.54) is 23.1 Å². The minimum atomic E-state index is -0.271. The van der Waals surface area contributed by atoms with Crippen LogP contribution in [0.25, 0.3) is 0 Å². The van der Waals surface area contributed by atoms with E-state index in [-0.39, 0.29) is 11.2 Å². The van der Waals surface area contributed by atoms with Gasteiger partial charge in [-0.3, -0.25) is 4.79 Å². The van der Waals surface area contributed by atoms with Crippen molar-refractivity contribution in [1.82, 2.24) is 10.2 Å². The minimum absolute atomic E-state index is 0.0967. The molecule has 1 aromatic heterocycles. The van der Waals surface area contributed by atoms with Crippen molar-refractivity contribution in [1.29, 1.82) is 0 Å². The monoisotopic (exact) mass is 342 g/mol. The standard InChI is InChI=1S/C13H15ClN4OS2/c1-8(21-13-17-15-7-20-13)12(19)16-10-6-4-5-9(14)11(10)18(2)3/h4-8H,1-3H3,(H,16,19)/t8-/m1/s1. The molecule has 2 rings (SSSR count). The van der Waals surface area contributed by atoms with Crippen LogP contribution in [0.2, 0.25) is 5.02 Å². The molecular formula is C13H15ClN4OS2. The predicted octanol–water partition coefficient (Wildman–Crippen LogP) is 3.38. The summed E-state index contributed by atoms with van der Waals surface area (Å²) in [4.78, 5) is 14.2. The Morgan fingerprint density at radius 1 is 1.48 bits per heavy atom. The van der Waals surface area contributed by atoms with Gasteiger partial charge in [0.2, 0.25) is 5.91 Å². The Kier molecular flexibility index (Phi) is 5.44. The van der Waals surface area contributed by atoms with Crippen LogP contribution in [0.15, 0.2) is 28.0 Å². The summed E-state index contributed by atoms with van der Waals surface area (Å²) in [5, 5.41) is 10.9. The minimum Gasteiger partial charge on any atom is -0.375 e. The molecule has 0 saturated heterocycles. The maximum Gasteiger partial charge on any atom is 0.237 e. The Morgan fingerprint density at radius 2 is 2.24 bits per heavy atom. The second-order valence-electron chi connectivity index (χ2n) is 4.48. The van der Waals surface area contributed by atoms with Gasteiger partial charge in [-0.1, -0.05) is 40.8 Å². The number of anilines is 2. The van der Waals surface area contributed by atoms with E-state index in [0.717, 1.165) is 10.0 Å². The van der Waals surface area contributed by atoms with Crippen molar-refractivity contribution in [3.63, 3.8) is 0 Å². The topological polar surface area (TPSA) is 58.1 Å².